The molecule has 0 aromatic heterocycles. The van der Waals surface area contributed by atoms with E-state index in [2.05, 4.69) is 40.0 Å². The molecule has 0 saturated heterocycles. The second kappa shape index (κ2) is 5.15. The minimum atomic E-state index is -0.0931. The number of likely N-dealkylation sites (N-methyl/N-ethyl adjacent to an activating group) is 1. The van der Waals surface area contributed by atoms with Gasteiger partial charge >= 0.3 is 0 Å². The molecule has 0 heterocycles. The first-order valence-electron chi connectivity index (χ1n) is 5.07. The standard InChI is InChI=1S/C11H22N2O/c1-7-10(13(4,5)6)9(3)12-11(14)8-2/h8-10H,2,7H2,1,3-6H3/p+1. The molecule has 1 N–H and O–H groups in total. The Morgan fingerprint density at radius 2 is 2.00 bits per heavy atom. The van der Waals surface area contributed by atoms with Crippen molar-refractivity contribution in [1.82, 2.24) is 5.32 Å². The molecule has 1 amide bonds. The van der Waals surface area contributed by atoms with Crippen LogP contribution in [-0.2, 0) is 4.79 Å². The summed E-state index contributed by atoms with van der Waals surface area (Å²) < 4.78 is 0.856. The average molecular weight is 199 g/mol. The molecule has 3 nitrogen and oxygen atoms in total. The van der Waals surface area contributed by atoms with Gasteiger partial charge in [0.1, 0.15) is 6.04 Å². The highest BCUT2D eigenvalue weighted by Crippen LogP contribution is 2.11. The van der Waals surface area contributed by atoms with Gasteiger partial charge < -0.3 is 9.80 Å². The molecule has 0 aromatic carbocycles. The maximum absolute atomic E-state index is 11.1. The van der Waals surface area contributed by atoms with E-state index in [1.165, 1.54) is 6.08 Å². The van der Waals surface area contributed by atoms with Crippen molar-refractivity contribution in [2.24, 2.45) is 0 Å². The summed E-state index contributed by atoms with van der Waals surface area (Å²) in [6.45, 7) is 7.63. The fourth-order valence-electron chi connectivity index (χ4n) is 1.95. The van der Waals surface area contributed by atoms with Gasteiger partial charge in [0.2, 0.25) is 5.91 Å². The smallest absolute Gasteiger partial charge is 0.243 e. The maximum atomic E-state index is 11.1. The van der Waals surface area contributed by atoms with Crippen LogP contribution in [0.2, 0.25) is 0 Å². The molecule has 0 radical (unpaired) electrons. The number of rotatable bonds is 5. The minimum Gasteiger partial charge on any atom is -0.344 e. The lowest BCUT2D eigenvalue weighted by Gasteiger charge is -2.37. The van der Waals surface area contributed by atoms with E-state index in [-0.39, 0.29) is 11.9 Å². The summed E-state index contributed by atoms with van der Waals surface area (Å²) in [7, 11) is 6.43. The van der Waals surface area contributed by atoms with E-state index in [4.69, 9.17) is 0 Å². The van der Waals surface area contributed by atoms with Gasteiger partial charge in [0, 0.05) is 0 Å². The molecule has 3 heteroatoms. The number of hydrogen-bond acceptors (Lipinski definition) is 1. The third-order valence-electron chi connectivity index (χ3n) is 2.55. The van der Waals surface area contributed by atoms with Gasteiger partial charge in [-0.05, 0) is 19.4 Å². The summed E-state index contributed by atoms with van der Waals surface area (Å²) in [6.07, 6.45) is 2.36. The lowest BCUT2D eigenvalue weighted by molar-refractivity contribution is -0.897. The van der Waals surface area contributed by atoms with E-state index in [9.17, 15) is 4.79 Å². The summed E-state index contributed by atoms with van der Waals surface area (Å²) in [6, 6.07) is 0.601. The molecule has 0 aliphatic rings. The van der Waals surface area contributed by atoms with Crippen LogP contribution in [0.3, 0.4) is 0 Å². The number of carbonyl (C=O) groups is 1. The lowest BCUT2D eigenvalue weighted by atomic mass is 10.0. The highest BCUT2D eigenvalue weighted by molar-refractivity contribution is 5.87. The second-order valence-corrected chi connectivity index (χ2v) is 4.59. The fourth-order valence-corrected chi connectivity index (χ4v) is 1.95. The Labute approximate surface area is 87.4 Å². The second-order valence-electron chi connectivity index (χ2n) is 4.59. The van der Waals surface area contributed by atoms with Gasteiger partial charge in [-0.2, -0.15) is 0 Å². The summed E-state index contributed by atoms with van der Waals surface area (Å²) in [5.41, 5.74) is 0. The molecule has 82 valence electrons. The van der Waals surface area contributed by atoms with E-state index in [1.807, 2.05) is 6.92 Å². The van der Waals surface area contributed by atoms with E-state index in [0.29, 0.717) is 6.04 Å². The number of nitrogens with one attached hydrogen (secondary N) is 1. The Hall–Kier alpha value is -0.830. The zero-order chi connectivity index (χ0) is 11.4. The van der Waals surface area contributed by atoms with E-state index >= 15 is 0 Å². The van der Waals surface area contributed by atoms with Crippen LogP contribution in [0.4, 0.5) is 0 Å². The summed E-state index contributed by atoms with van der Waals surface area (Å²) in [4.78, 5) is 11.1. The van der Waals surface area contributed by atoms with Crippen LogP contribution in [0.5, 0.6) is 0 Å². The van der Waals surface area contributed by atoms with Gasteiger partial charge in [0.15, 0.2) is 0 Å². The molecule has 0 saturated carbocycles. The van der Waals surface area contributed by atoms with Crippen molar-refractivity contribution < 1.29 is 9.28 Å². The van der Waals surface area contributed by atoms with Crippen molar-refractivity contribution in [1.29, 1.82) is 0 Å². The molecular formula is C11H23N2O+. The number of carbonyl (C=O) groups excluding carboxylic acids is 1. The van der Waals surface area contributed by atoms with Crippen LogP contribution in [0.25, 0.3) is 0 Å². The Morgan fingerprint density at radius 1 is 1.50 bits per heavy atom. The molecule has 14 heavy (non-hydrogen) atoms. The number of amides is 1. The Morgan fingerprint density at radius 3 is 2.29 bits per heavy atom. The van der Waals surface area contributed by atoms with Crippen LogP contribution in [0, 0.1) is 0 Å². The molecule has 0 rings (SSSR count). The van der Waals surface area contributed by atoms with Gasteiger partial charge in [-0.1, -0.05) is 13.5 Å². The number of hydrogen-bond donors (Lipinski definition) is 1. The summed E-state index contributed by atoms with van der Waals surface area (Å²) in [5, 5.41) is 2.91. The molecule has 0 aliphatic carbocycles. The van der Waals surface area contributed by atoms with Crippen molar-refractivity contribution in [2.45, 2.75) is 32.4 Å². The van der Waals surface area contributed by atoms with Crippen molar-refractivity contribution in [3.05, 3.63) is 12.7 Å². The quantitative estimate of drug-likeness (QED) is 0.522. The van der Waals surface area contributed by atoms with Gasteiger partial charge in [-0.15, -0.1) is 0 Å². The molecule has 0 bridgehead atoms. The van der Waals surface area contributed by atoms with Gasteiger partial charge in [-0.25, -0.2) is 0 Å². The predicted molar refractivity (Wildman–Crippen MR) is 59.9 cm³/mol. The normalized spacial score (nSPS) is 15.8. The molecule has 0 fully saturated rings. The first-order chi connectivity index (χ1) is 6.32. The molecule has 2 atom stereocenters. The van der Waals surface area contributed by atoms with E-state index < -0.39 is 0 Å². The molecule has 0 aliphatic heterocycles. The van der Waals surface area contributed by atoms with Crippen molar-refractivity contribution in [2.75, 3.05) is 21.1 Å². The lowest BCUT2D eigenvalue weighted by Crippen LogP contribution is -2.55. The SMILES string of the molecule is C=CC(=O)NC(C)C(CC)[N+](C)(C)C. The fraction of sp³-hybridized carbons (Fsp3) is 0.727. The van der Waals surface area contributed by atoms with Crippen LogP contribution in [-0.4, -0.2) is 43.6 Å². The Balaban J connectivity index is 4.39. The predicted octanol–water partition coefficient (Wildman–Crippen LogP) is 1.16. The summed E-state index contributed by atoms with van der Waals surface area (Å²) >= 11 is 0. The highest BCUT2D eigenvalue weighted by Gasteiger charge is 2.28. The number of nitrogens with zero attached hydrogens (tertiary/aromatic N) is 1. The largest absolute Gasteiger partial charge is 0.344 e. The topological polar surface area (TPSA) is 29.1 Å². The van der Waals surface area contributed by atoms with Gasteiger partial charge in [0.25, 0.3) is 0 Å². The monoisotopic (exact) mass is 199 g/mol. The molecule has 0 spiro atoms. The minimum absolute atomic E-state index is 0.0931. The molecular weight excluding hydrogens is 176 g/mol. The third-order valence-corrected chi connectivity index (χ3v) is 2.55. The van der Waals surface area contributed by atoms with E-state index in [1.54, 1.807) is 0 Å². The van der Waals surface area contributed by atoms with Crippen molar-refractivity contribution in [3.63, 3.8) is 0 Å². The highest BCUT2D eigenvalue weighted by atomic mass is 16.1. The molecule has 0 aromatic rings. The Kier molecular flexibility index (Phi) is 4.85. The van der Waals surface area contributed by atoms with E-state index in [0.717, 1.165) is 10.9 Å². The van der Waals surface area contributed by atoms with Gasteiger partial charge in [0.05, 0.1) is 27.2 Å². The van der Waals surface area contributed by atoms with Gasteiger partial charge in [-0.3, -0.25) is 4.79 Å². The zero-order valence-corrected chi connectivity index (χ0v) is 10.0. The first-order valence-corrected chi connectivity index (χ1v) is 5.07. The van der Waals surface area contributed by atoms with Crippen LogP contribution >= 0.6 is 0 Å². The third kappa shape index (κ3) is 3.92. The Bertz CT molecular complexity index is 206. The van der Waals surface area contributed by atoms with Crippen LogP contribution in [0.15, 0.2) is 12.7 Å². The van der Waals surface area contributed by atoms with Crippen molar-refractivity contribution >= 4 is 5.91 Å². The van der Waals surface area contributed by atoms with Crippen molar-refractivity contribution in [3.8, 4) is 0 Å². The summed E-state index contributed by atoms with van der Waals surface area (Å²) in [5.74, 6) is -0.0931. The van der Waals surface area contributed by atoms with Crippen LogP contribution < -0.4 is 5.32 Å². The first kappa shape index (κ1) is 13.2. The van der Waals surface area contributed by atoms with Crippen LogP contribution in [0.1, 0.15) is 20.3 Å². The maximum Gasteiger partial charge on any atom is 0.243 e. The number of quaternary nitrogens is 1. The average Bonchev–Trinajstić information content (AvgIpc) is 2.02. The zero-order valence-electron chi connectivity index (χ0n) is 10.0. The molecule has 2 unspecified atom stereocenters.